The summed E-state index contributed by atoms with van der Waals surface area (Å²) in [5.74, 6) is -0.188. The number of nitrogens with one attached hydrogen (secondary N) is 2. The Kier molecular flexibility index (Phi) is 2.84. The molecule has 2 amide bonds. The van der Waals surface area contributed by atoms with Crippen molar-refractivity contribution in [1.82, 2.24) is 10.6 Å². The summed E-state index contributed by atoms with van der Waals surface area (Å²) in [6.07, 6.45) is 4.15. The molecule has 0 unspecified atom stereocenters. The zero-order valence-corrected chi connectivity index (χ0v) is 7.68. The van der Waals surface area contributed by atoms with E-state index in [9.17, 15) is 9.59 Å². The number of hydrogen-bond donors (Lipinski definition) is 2. The van der Waals surface area contributed by atoms with Crippen molar-refractivity contribution in [2.24, 2.45) is 0 Å². The highest BCUT2D eigenvalue weighted by molar-refractivity contribution is 5.77. The van der Waals surface area contributed by atoms with Crippen LogP contribution in [0.1, 0.15) is 20.3 Å². The Labute approximate surface area is 76.7 Å². The lowest BCUT2D eigenvalue weighted by molar-refractivity contribution is -0.118. The predicted octanol–water partition coefficient (Wildman–Crippen LogP) is 0.430. The van der Waals surface area contributed by atoms with Gasteiger partial charge in [0.2, 0.25) is 11.8 Å². The van der Waals surface area contributed by atoms with E-state index in [0.29, 0.717) is 6.42 Å². The van der Waals surface area contributed by atoms with Gasteiger partial charge < -0.3 is 10.6 Å². The third-order valence-corrected chi connectivity index (χ3v) is 1.54. The minimum Gasteiger partial charge on any atom is -0.330 e. The fraction of sp³-hybridized carbons (Fsp3) is 0.333. The smallest absolute Gasteiger partial charge is 0.221 e. The summed E-state index contributed by atoms with van der Waals surface area (Å²) in [6, 6.07) is 0. The number of carbonyl (C=O) groups is 2. The van der Waals surface area contributed by atoms with Gasteiger partial charge in [-0.25, -0.2) is 0 Å². The molecular weight excluding hydrogens is 168 g/mol. The Bertz CT molecular complexity index is 273. The van der Waals surface area contributed by atoms with Crippen molar-refractivity contribution in [2.75, 3.05) is 0 Å². The first-order chi connectivity index (χ1) is 6.08. The van der Waals surface area contributed by atoms with Gasteiger partial charge in [0.1, 0.15) is 0 Å². The van der Waals surface area contributed by atoms with E-state index in [-0.39, 0.29) is 11.8 Å². The summed E-state index contributed by atoms with van der Waals surface area (Å²) in [6.45, 7) is 2.91. The Morgan fingerprint density at radius 3 is 1.77 bits per heavy atom. The van der Waals surface area contributed by atoms with Gasteiger partial charge in [-0.2, -0.15) is 0 Å². The molecule has 0 heterocycles. The molecule has 0 aromatic carbocycles. The molecule has 4 heteroatoms. The van der Waals surface area contributed by atoms with E-state index in [2.05, 4.69) is 10.6 Å². The molecule has 0 saturated carbocycles. The van der Waals surface area contributed by atoms with Gasteiger partial charge in [-0.15, -0.1) is 0 Å². The molecule has 0 radical (unpaired) electrons. The van der Waals surface area contributed by atoms with Gasteiger partial charge in [0, 0.05) is 31.7 Å². The van der Waals surface area contributed by atoms with Crippen LogP contribution in [0.2, 0.25) is 0 Å². The fourth-order valence-corrected chi connectivity index (χ4v) is 1.15. The third kappa shape index (κ3) is 3.11. The first-order valence-electron chi connectivity index (χ1n) is 4.03. The highest BCUT2D eigenvalue weighted by Gasteiger charge is 2.09. The minimum atomic E-state index is -0.0938. The molecule has 70 valence electrons. The molecule has 1 rings (SSSR count). The lowest BCUT2D eigenvalue weighted by atomic mass is 10.3. The second kappa shape index (κ2) is 3.89. The van der Waals surface area contributed by atoms with Gasteiger partial charge in [0.05, 0.1) is 0 Å². The van der Waals surface area contributed by atoms with Gasteiger partial charge in [-0.05, 0) is 12.2 Å². The zero-order chi connectivity index (χ0) is 9.84. The highest BCUT2D eigenvalue weighted by Crippen LogP contribution is 2.13. The quantitative estimate of drug-likeness (QED) is 0.647. The second-order valence-electron chi connectivity index (χ2n) is 2.92. The molecule has 0 atom stereocenters. The van der Waals surface area contributed by atoms with E-state index in [1.54, 1.807) is 12.2 Å². The van der Waals surface area contributed by atoms with Crippen LogP contribution < -0.4 is 10.6 Å². The maximum absolute atomic E-state index is 10.7. The Morgan fingerprint density at radius 1 is 1.08 bits per heavy atom. The van der Waals surface area contributed by atoms with Crippen LogP contribution >= 0.6 is 0 Å². The van der Waals surface area contributed by atoms with Gasteiger partial charge in [-0.1, -0.05) is 0 Å². The van der Waals surface area contributed by atoms with Crippen molar-refractivity contribution in [1.29, 1.82) is 0 Å². The Morgan fingerprint density at radius 2 is 1.46 bits per heavy atom. The van der Waals surface area contributed by atoms with Crippen molar-refractivity contribution in [3.8, 4) is 0 Å². The van der Waals surface area contributed by atoms with Crippen molar-refractivity contribution in [2.45, 2.75) is 20.3 Å². The van der Waals surface area contributed by atoms with Crippen molar-refractivity contribution >= 4 is 11.8 Å². The van der Waals surface area contributed by atoms with Crippen LogP contribution in [0.5, 0.6) is 0 Å². The highest BCUT2D eigenvalue weighted by atomic mass is 16.2. The van der Waals surface area contributed by atoms with Crippen LogP contribution in [0.4, 0.5) is 0 Å². The van der Waals surface area contributed by atoms with E-state index in [4.69, 9.17) is 0 Å². The third-order valence-electron chi connectivity index (χ3n) is 1.54. The average molecular weight is 180 g/mol. The summed E-state index contributed by atoms with van der Waals surface area (Å²) in [5, 5.41) is 5.33. The fourth-order valence-electron chi connectivity index (χ4n) is 1.15. The molecule has 0 aromatic rings. The maximum atomic E-state index is 10.7. The van der Waals surface area contributed by atoms with Crippen LogP contribution in [-0.2, 0) is 9.59 Å². The molecule has 1 aliphatic carbocycles. The van der Waals surface area contributed by atoms with E-state index in [1.807, 2.05) is 0 Å². The van der Waals surface area contributed by atoms with Crippen LogP contribution in [0, 0.1) is 0 Å². The summed E-state index contributed by atoms with van der Waals surface area (Å²) < 4.78 is 0. The van der Waals surface area contributed by atoms with E-state index < -0.39 is 0 Å². The normalized spacial score (nSPS) is 14.6. The number of allylic oxidation sites excluding steroid dienone is 2. The van der Waals surface area contributed by atoms with Gasteiger partial charge >= 0.3 is 0 Å². The van der Waals surface area contributed by atoms with Crippen molar-refractivity contribution < 1.29 is 9.59 Å². The molecule has 0 aromatic heterocycles. The predicted molar refractivity (Wildman–Crippen MR) is 48.4 cm³/mol. The molecule has 0 saturated heterocycles. The van der Waals surface area contributed by atoms with Crippen LogP contribution in [0.15, 0.2) is 23.5 Å². The largest absolute Gasteiger partial charge is 0.330 e. The number of hydrogen-bond acceptors (Lipinski definition) is 2. The summed E-state index contributed by atoms with van der Waals surface area (Å²) in [7, 11) is 0. The minimum absolute atomic E-state index is 0.0938. The average Bonchev–Trinajstić information content (AvgIpc) is 2.33. The Balaban J connectivity index is 2.40. The van der Waals surface area contributed by atoms with Gasteiger partial charge in [-0.3, -0.25) is 9.59 Å². The van der Waals surface area contributed by atoms with E-state index in [1.165, 1.54) is 13.8 Å². The van der Waals surface area contributed by atoms with Gasteiger partial charge in [0.15, 0.2) is 0 Å². The standard InChI is InChI=1S/C9H12N2O2/c1-6(12)10-8-3-4-9(5-8)11-7(2)13/h3-4H,5H2,1-2H3,(H,10,12)(H,11,13). The van der Waals surface area contributed by atoms with Crippen molar-refractivity contribution in [3.05, 3.63) is 23.5 Å². The van der Waals surface area contributed by atoms with E-state index >= 15 is 0 Å². The van der Waals surface area contributed by atoms with Crippen molar-refractivity contribution in [3.63, 3.8) is 0 Å². The molecular formula is C9H12N2O2. The van der Waals surface area contributed by atoms with E-state index in [0.717, 1.165) is 11.4 Å². The molecule has 0 aliphatic heterocycles. The van der Waals surface area contributed by atoms with Crippen LogP contribution in [0.25, 0.3) is 0 Å². The first kappa shape index (κ1) is 9.51. The second-order valence-corrected chi connectivity index (χ2v) is 2.92. The number of rotatable bonds is 2. The number of amides is 2. The topological polar surface area (TPSA) is 58.2 Å². The molecule has 1 aliphatic rings. The number of carbonyl (C=O) groups excluding carboxylic acids is 2. The summed E-state index contributed by atoms with van der Waals surface area (Å²) in [4.78, 5) is 21.3. The monoisotopic (exact) mass is 180 g/mol. The molecule has 0 bridgehead atoms. The lowest BCUT2D eigenvalue weighted by Crippen LogP contribution is -2.22. The van der Waals surface area contributed by atoms with Gasteiger partial charge in [0.25, 0.3) is 0 Å². The molecule has 13 heavy (non-hydrogen) atoms. The lowest BCUT2D eigenvalue weighted by Gasteiger charge is -2.05. The molecule has 0 fully saturated rings. The first-order valence-corrected chi connectivity index (χ1v) is 4.03. The zero-order valence-electron chi connectivity index (χ0n) is 7.68. The maximum Gasteiger partial charge on any atom is 0.221 e. The SMILES string of the molecule is CC(=O)NC1=CC=C(NC(C)=O)C1. The molecule has 0 spiro atoms. The summed E-state index contributed by atoms with van der Waals surface area (Å²) in [5.41, 5.74) is 1.63. The summed E-state index contributed by atoms with van der Waals surface area (Å²) >= 11 is 0. The molecule has 2 N–H and O–H groups in total. The van der Waals surface area contributed by atoms with Crippen LogP contribution in [-0.4, -0.2) is 11.8 Å². The Hall–Kier alpha value is -1.58. The van der Waals surface area contributed by atoms with Crippen LogP contribution in [0.3, 0.4) is 0 Å². The molecule has 4 nitrogen and oxygen atoms in total.